The third kappa shape index (κ3) is 2.10. The van der Waals surface area contributed by atoms with Gasteiger partial charge in [0.05, 0.1) is 23.2 Å². The molecule has 14 heavy (non-hydrogen) atoms. The Hall–Kier alpha value is -0.940. The van der Waals surface area contributed by atoms with E-state index in [9.17, 15) is 8.42 Å². The molecule has 5 heteroatoms. The first-order valence-electron chi connectivity index (χ1n) is 4.52. The van der Waals surface area contributed by atoms with Crippen molar-refractivity contribution in [2.45, 2.75) is 6.04 Å². The third-order valence-corrected chi connectivity index (χ3v) is 3.94. The number of rotatable bonds is 1. The van der Waals surface area contributed by atoms with Crippen molar-refractivity contribution in [1.82, 2.24) is 10.3 Å². The SMILES string of the molecule is O=S1(=O)CCNC(c2ccccn2)C1. The Labute approximate surface area is 83.3 Å². The van der Waals surface area contributed by atoms with Gasteiger partial charge in [-0.05, 0) is 12.1 Å². The van der Waals surface area contributed by atoms with Crippen LogP contribution < -0.4 is 5.32 Å². The zero-order chi connectivity index (χ0) is 10.0. The minimum atomic E-state index is -2.88. The van der Waals surface area contributed by atoms with E-state index in [0.29, 0.717) is 6.54 Å². The average molecular weight is 212 g/mol. The predicted octanol–water partition coefficient (Wildman–Crippen LogP) is 0.141. The molecular formula is C9H12N2O2S. The molecule has 1 aromatic heterocycles. The molecule has 2 heterocycles. The number of hydrogen-bond acceptors (Lipinski definition) is 4. The Balaban J connectivity index is 2.21. The van der Waals surface area contributed by atoms with E-state index in [1.165, 1.54) is 0 Å². The van der Waals surface area contributed by atoms with E-state index in [1.54, 1.807) is 6.20 Å². The van der Waals surface area contributed by atoms with Crippen molar-refractivity contribution < 1.29 is 8.42 Å². The number of pyridine rings is 1. The molecular weight excluding hydrogens is 200 g/mol. The van der Waals surface area contributed by atoms with E-state index in [4.69, 9.17) is 0 Å². The number of hydrogen-bond donors (Lipinski definition) is 1. The van der Waals surface area contributed by atoms with Crippen molar-refractivity contribution in [1.29, 1.82) is 0 Å². The highest BCUT2D eigenvalue weighted by Gasteiger charge is 2.25. The molecule has 1 aromatic rings. The van der Waals surface area contributed by atoms with Crippen molar-refractivity contribution in [3.63, 3.8) is 0 Å². The van der Waals surface area contributed by atoms with Crippen LogP contribution in [-0.2, 0) is 9.84 Å². The van der Waals surface area contributed by atoms with E-state index in [0.717, 1.165) is 5.69 Å². The summed E-state index contributed by atoms with van der Waals surface area (Å²) in [4.78, 5) is 4.14. The van der Waals surface area contributed by atoms with Crippen LogP contribution in [0.3, 0.4) is 0 Å². The van der Waals surface area contributed by atoms with Crippen molar-refractivity contribution in [3.05, 3.63) is 30.1 Å². The zero-order valence-electron chi connectivity index (χ0n) is 7.68. The Morgan fingerprint density at radius 2 is 2.29 bits per heavy atom. The second-order valence-electron chi connectivity index (χ2n) is 3.38. The van der Waals surface area contributed by atoms with Crippen LogP contribution in [0.4, 0.5) is 0 Å². The van der Waals surface area contributed by atoms with Gasteiger partial charge in [-0.15, -0.1) is 0 Å². The molecule has 1 aliphatic rings. The average Bonchev–Trinajstić information content (AvgIpc) is 2.18. The highest BCUT2D eigenvalue weighted by molar-refractivity contribution is 7.91. The molecule has 0 bridgehead atoms. The largest absolute Gasteiger partial charge is 0.307 e. The quantitative estimate of drug-likeness (QED) is 0.719. The Morgan fingerprint density at radius 3 is 2.93 bits per heavy atom. The first-order chi connectivity index (χ1) is 6.67. The van der Waals surface area contributed by atoms with Gasteiger partial charge in [0.25, 0.3) is 0 Å². The summed E-state index contributed by atoms with van der Waals surface area (Å²) < 4.78 is 22.7. The highest BCUT2D eigenvalue weighted by Crippen LogP contribution is 2.15. The van der Waals surface area contributed by atoms with Gasteiger partial charge in [0, 0.05) is 12.7 Å². The molecule has 1 aliphatic heterocycles. The lowest BCUT2D eigenvalue weighted by molar-refractivity contribution is 0.524. The standard InChI is InChI=1S/C9H12N2O2S/c12-14(13)6-5-11-9(7-14)8-3-1-2-4-10-8/h1-4,9,11H,5-7H2. The monoisotopic (exact) mass is 212 g/mol. The maximum atomic E-state index is 11.4. The smallest absolute Gasteiger partial charge is 0.153 e. The first-order valence-corrected chi connectivity index (χ1v) is 6.34. The molecule has 0 amide bonds. The van der Waals surface area contributed by atoms with Crippen LogP contribution in [0.2, 0.25) is 0 Å². The minimum absolute atomic E-state index is 0.144. The fourth-order valence-corrected chi connectivity index (χ4v) is 2.95. The summed E-state index contributed by atoms with van der Waals surface area (Å²) in [6, 6.07) is 5.39. The van der Waals surface area contributed by atoms with Gasteiger partial charge in [0.15, 0.2) is 9.84 Å². The van der Waals surface area contributed by atoms with Crippen LogP contribution in [0.25, 0.3) is 0 Å². The van der Waals surface area contributed by atoms with Gasteiger partial charge in [-0.3, -0.25) is 4.98 Å². The summed E-state index contributed by atoms with van der Waals surface area (Å²) in [5, 5.41) is 3.15. The molecule has 0 aliphatic carbocycles. The van der Waals surface area contributed by atoms with Crippen LogP contribution in [0, 0.1) is 0 Å². The number of nitrogens with zero attached hydrogens (tertiary/aromatic N) is 1. The summed E-state index contributed by atoms with van der Waals surface area (Å²) in [5.41, 5.74) is 0.802. The summed E-state index contributed by atoms with van der Waals surface area (Å²) >= 11 is 0. The van der Waals surface area contributed by atoms with Gasteiger partial charge >= 0.3 is 0 Å². The summed E-state index contributed by atoms with van der Waals surface area (Å²) in [5.74, 6) is 0.389. The molecule has 1 atom stereocenters. The lowest BCUT2D eigenvalue weighted by atomic mass is 10.2. The summed E-state index contributed by atoms with van der Waals surface area (Å²) in [6.45, 7) is 0.517. The molecule has 2 rings (SSSR count). The van der Waals surface area contributed by atoms with Gasteiger partial charge in [-0.2, -0.15) is 0 Å². The molecule has 0 aromatic carbocycles. The summed E-state index contributed by atoms with van der Waals surface area (Å²) in [6.07, 6.45) is 1.68. The second-order valence-corrected chi connectivity index (χ2v) is 5.60. The van der Waals surface area contributed by atoms with E-state index in [1.807, 2.05) is 18.2 Å². The predicted molar refractivity (Wildman–Crippen MR) is 53.6 cm³/mol. The number of aromatic nitrogens is 1. The lowest BCUT2D eigenvalue weighted by Crippen LogP contribution is -2.39. The van der Waals surface area contributed by atoms with Crippen molar-refractivity contribution in [2.24, 2.45) is 0 Å². The second kappa shape index (κ2) is 3.67. The normalized spacial score (nSPS) is 25.9. The van der Waals surface area contributed by atoms with Gasteiger partial charge < -0.3 is 5.32 Å². The topological polar surface area (TPSA) is 59.1 Å². The van der Waals surface area contributed by atoms with Gasteiger partial charge in [-0.25, -0.2) is 8.42 Å². The third-order valence-electron chi connectivity index (χ3n) is 2.27. The maximum Gasteiger partial charge on any atom is 0.153 e. The van der Waals surface area contributed by atoms with Crippen LogP contribution >= 0.6 is 0 Å². The Bertz CT molecular complexity index is 402. The van der Waals surface area contributed by atoms with Crippen LogP contribution in [0.15, 0.2) is 24.4 Å². The first kappa shape index (κ1) is 9.61. The molecule has 1 saturated heterocycles. The zero-order valence-corrected chi connectivity index (χ0v) is 8.50. The van der Waals surface area contributed by atoms with E-state index >= 15 is 0 Å². The number of sulfone groups is 1. The van der Waals surface area contributed by atoms with Crippen LogP contribution in [0.1, 0.15) is 11.7 Å². The van der Waals surface area contributed by atoms with Crippen molar-refractivity contribution >= 4 is 9.84 Å². The van der Waals surface area contributed by atoms with Crippen LogP contribution in [-0.4, -0.2) is 31.5 Å². The fourth-order valence-electron chi connectivity index (χ4n) is 1.56. The molecule has 1 fully saturated rings. The molecule has 1 unspecified atom stereocenters. The summed E-state index contributed by atoms with van der Waals surface area (Å²) in [7, 11) is -2.88. The van der Waals surface area contributed by atoms with E-state index < -0.39 is 9.84 Å². The Morgan fingerprint density at radius 1 is 1.43 bits per heavy atom. The van der Waals surface area contributed by atoms with E-state index in [-0.39, 0.29) is 17.5 Å². The molecule has 76 valence electrons. The molecule has 0 radical (unpaired) electrons. The Kier molecular flexibility index (Phi) is 2.52. The van der Waals surface area contributed by atoms with Crippen LogP contribution in [0.5, 0.6) is 0 Å². The van der Waals surface area contributed by atoms with Gasteiger partial charge in [0.1, 0.15) is 0 Å². The fraction of sp³-hybridized carbons (Fsp3) is 0.444. The van der Waals surface area contributed by atoms with Crippen molar-refractivity contribution in [2.75, 3.05) is 18.1 Å². The van der Waals surface area contributed by atoms with Gasteiger partial charge in [0.2, 0.25) is 0 Å². The maximum absolute atomic E-state index is 11.4. The van der Waals surface area contributed by atoms with Gasteiger partial charge in [-0.1, -0.05) is 6.07 Å². The minimum Gasteiger partial charge on any atom is -0.307 e. The highest BCUT2D eigenvalue weighted by atomic mass is 32.2. The molecule has 1 N–H and O–H groups in total. The molecule has 0 spiro atoms. The van der Waals surface area contributed by atoms with Crippen molar-refractivity contribution in [3.8, 4) is 0 Å². The molecule has 0 saturated carbocycles. The number of nitrogens with one attached hydrogen (secondary N) is 1. The lowest BCUT2D eigenvalue weighted by Gasteiger charge is -2.22. The van der Waals surface area contributed by atoms with E-state index in [2.05, 4.69) is 10.3 Å². The molecule has 4 nitrogen and oxygen atoms in total.